The van der Waals surface area contributed by atoms with Gasteiger partial charge in [0.25, 0.3) is 5.91 Å². The largest absolute Gasteiger partial charge is 0.497 e. The summed E-state index contributed by atoms with van der Waals surface area (Å²) in [5.74, 6) is -2.07. The average Bonchev–Trinajstić information content (AvgIpc) is 2.61. The number of carbonyl (C=O) groups is 3. The molecule has 3 rings (SSSR count). The van der Waals surface area contributed by atoms with Crippen LogP contribution in [0.5, 0.6) is 5.75 Å². The highest BCUT2D eigenvalue weighted by molar-refractivity contribution is 6.32. The number of hydrogen-bond donors (Lipinski definition) is 1. The number of carbonyl (C=O) groups excluding carboxylic acids is 3. The van der Waals surface area contributed by atoms with E-state index in [0.717, 1.165) is 10.5 Å². The van der Waals surface area contributed by atoms with Crippen LogP contribution in [-0.2, 0) is 9.59 Å². The monoisotopic (exact) mass is 351 g/mol. The van der Waals surface area contributed by atoms with E-state index in [1.54, 1.807) is 30.3 Å². The smallest absolute Gasteiger partial charge is 0.335 e. The van der Waals surface area contributed by atoms with Crippen LogP contribution in [0.4, 0.5) is 16.2 Å². The molecule has 2 aromatic rings. The molecule has 0 spiro atoms. The maximum Gasteiger partial charge on any atom is 0.335 e. The fourth-order valence-electron chi connectivity index (χ4n) is 2.58. The molecule has 1 atom stereocenters. The van der Waals surface area contributed by atoms with Crippen molar-refractivity contribution in [1.29, 1.82) is 0 Å². The Bertz CT molecular complexity index is 907. The van der Waals surface area contributed by atoms with E-state index in [-0.39, 0.29) is 0 Å². The van der Waals surface area contributed by atoms with Crippen molar-refractivity contribution in [3.63, 3.8) is 0 Å². The summed E-state index contributed by atoms with van der Waals surface area (Å²) in [4.78, 5) is 42.1. The van der Waals surface area contributed by atoms with Gasteiger partial charge in [-0.05, 0) is 36.8 Å². The van der Waals surface area contributed by atoms with Gasteiger partial charge >= 0.3 is 6.03 Å². The zero-order chi connectivity index (χ0) is 18.7. The number of nitrogens with zero attached hydrogens (tertiary/aromatic N) is 2. The summed E-state index contributed by atoms with van der Waals surface area (Å²) < 4.78 is 5.12. The van der Waals surface area contributed by atoms with Crippen molar-refractivity contribution in [3.8, 4) is 5.75 Å². The third-order valence-corrected chi connectivity index (χ3v) is 3.89. The molecule has 0 unspecified atom stereocenters. The SMILES string of the molecule is COc1cccc(N2C(=O)NC(=O)[C@H](C=Nc3cccc(C)c3)C2=O)c1. The van der Waals surface area contributed by atoms with Gasteiger partial charge in [-0.25, -0.2) is 9.69 Å². The fraction of sp³-hybridized carbons (Fsp3) is 0.158. The molecule has 1 aliphatic rings. The van der Waals surface area contributed by atoms with Gasteiger partial charge in [0.05, 0.1) is 18.5 Å². The van der Waals surface area contributed by atoms with Gasteiger partial charge in [0.2, 0.25) is 5.91 Å². The predicted octanol–water partition coefficient (Wildman–Crippen LogP) is 2.61. The Hall–Kier alpha value is -3.48. The van der Waals surface area contributed by atoms with Gasteiger partial charge in [-0.1, -0.05) is 18.2 Å². The zero-order valence-corrected chi connectivity index (χ0v) is 14.3. The van der Waals surface area contributed by atoms with Crippen molar-refractivity contribution in [1.82, 2.24) is 5.32 Å². The molecule has 0 radical (unpaired) electrons. The molecule has 132 valence electrons. The number of ether oxygens (including phenoxy) is 1. The Morgan fingerprint density at radius 1 is 1.12 bits per heavy atom. The standard InChI is InChI=1S/C19H17N3O4/c1-12-5-3-6-13(9-12)20-11-16-17(23)21-19(25)22(18(16)24)14-7-4-8-15(10-14)26-2/h3-11,16H,1-2H3,(H,21,23,25)/t16-/m0/s1. The third kappa shape index (κ3) is 3.46. The van der Waals surface area contributed by atoms with E-state index in [1.165, 1.54) is 13.3 Å². The van der Waals surface area contributed by atoms with Gasteiger partial charge in [-0.3, -0.25) is 19.9 Å². The first-order valence-electron chi connectivity index (χ1n) is 7.93. The van der Waals surface area contributed by atoms with E-state index in [2.05, 4.69) is 10.3 Å². The number of nitrogens with one attached hydrogen (secondary N) is 1. The Morgan fingerprint density at radius 3 is 2.62 bits per heavy atom. The number of imide groups is 2. The van der Waals surface area contributed by atoms with Gasteiger partial charge < -0.3 is 4.74 Å². The molecular weight excluding hydrogens is 334 g/mol. The van der Waals surface area contributed by atoms with Crippen LogP contribution in [0.1, 0.15) is 5.56 Å². The highest BCUT2D eigenvalue weighted by Gasteiger charge is 2.40. The van der Waals surface area contributed by atoms with Crippen molar-refractivity contribution in [2.45, 2.75) is 6.92 Å². The number of barbiturate groups is 1. The van der Waals surface area contributed by atoms with Gasteiger partial charge in [0, 0.05) is 12.3 Å². The second kappa shape index (κ2) is 7.18. The van der Waals surface area contributed by atoms with Crippen LogP contribution in [0.3, 0.4) is 0 Å². The van der Waals surface area contributed by atoms with Crippen LogP contribution < -0.4 is 15.0 Å². The lowest BCUT2D eigenvalue weighted by Gasteiger charge is -2.28. The Labute approximate surface area is 150 Å². The normalized spacial score (nSPS) is 17.5. The lowest BCUT2D eigenvalue weighted by Crippen LogP contribution is -2.58. The van der Waals surface area contributed by atoms with Crippen LogP contribution >= 0.6 is 0 Å². The van der Waals surface area contributed by atoms with Crippen molar-refractivity contribution >= 4 is 35.4 Å². The summed E-state index contributed by atoms with van der Waals surface area (Å²) >= 11 is 0. The molecular formula is C19H17N3O4. The number of hydrogen-bond acceptors (Lipinski definition) is 5. The van der Waals surface area contributed by atoms with Crippen molar-refractivity contribution in [2.75, 3.05) is 12.0 Å². The van der Waals surface area contributed by atoms with E-state index in [0.29, 0.717) is 17.1 Å². The van der Waals surface area contributed by atoms with Crippen molar-refractivity contribution in [3.05, 3.63) is 54.1 Å². The summed E-state index contributed by atoms with van der Waals surface area (Å²) in [5, 5.41) is 2.19. The molecule has 7 nitrogen and oxygen atoms in total. The Morgan fingerprint density at radius 2 is 1.88 bits per heavy atom. The number of benzene rings is 2. The average molecular weight is 351 g/mol. The molecule has 4 amide bonds. The number of methoxy groups -OCH3 is 1. The topological polar surface area (TPSA) is 88.1 Å². The summed E-state index contributed by atoms with van der Waals surface area (Å²) in [7, 11) is 1.48. The molecule has 26 heavy (non-hydrogen) atoms. The molecule has 1 heterocycles. The molecule has 1 aliphatic heterocycles. The molecule has 7 heteroatoms. The number of anilines is 1. The van der Waals surface area contributed by atoms with E-state index >= 15 is 0 Å². The molecule has 0 bridgehead atoms. The minimum atomic E-state index is -1.19. The van der Waals surface area contributed by atoms with E-state index in [1.807, 2.05) is 25.1 Å². The van der Waals surface area contributed by atoms with Crippen molar-refractivity contribution < 1.29 is 19.1 Å². The number of urea groups is 1. The highest BCUT2D eigenvalue weighted by atomic mass is 16.5. The van der Waals surface area contributed by atoms with E-state index in [4.69, 9.17) is 4.74 Å². The zero-order valence-electron chi connectivity index (χ0n) is 14.3. The van der Waals surface area contributed by atoms with Gasteiger partial charge in [-0.15, -0.1) is 0 Å². The van der Waals surface area contributed by atoms with Crippen LogP contribution in [-0.4, -0.2) is 31.2 Å². The lowest BCUT2D eigenvalue weighted by molar-refractivity contribution is -0.131. The van der Waals surface area contributed by atoms with E-state index < -0.39 is 23.8 Å². The Balaban J connectivity index is 1.90. The van der Waals surface area contributed by atoms with Crippen LogP contribution in [0.25, 0.3) is 0 Å². The maximum atomic E-state index is 12.7. The number of aliphatic imine (C=N–C) groups is 1. The second-order valence-corrected chi connectivity index (χ2v) is 5.76. The molecule has 1 N–H and O–H groups in total. The Kier molecular flexibility index (Phi) is 4.79. The fourth-order valence-corrected chi connectivity index (χ4v) is 2.58. The first kappa shape index (κ1) is 17.3. The summed E-state index contributed by atoms with van der Waals surface area (Å²) in [6.07, 6.45) is 1.26. The quantitative estimate of drug-likeness (QED) is 0.677. The van der Waals surface area contributed by atoms with Crippen molar-refractivity contribution in [2.24, 2.45) is 10.9 Å². The lowest BCUT2D eigenvalue weighted by atomic mass is 10.1. The van der Waals surface area contributed by atoms with Crippen LogP contribution in [0.15, 0.2) is 53.5 Å². The summed E-state index contributed by atoms with van der Waals surface area (Å²) in [5.41, 5.74) is 1.94. The summed E-state index contributed by atoms with van der Waals surface area (Å²) in [6.45, 7) is 1.92. The first-order valence-corrected chi connectivity index (χ1v) is 7.93. The maximum absolute atomic E-state index is 12.7. The third-order valence-electron chi connectivity index (χ3n) is 3.89. The van der Waals surface area contributed by atoms with Crippen LogP contribution in [0, 0.1) is 12.8 Å². The molecule has 2 aromatic carbocycles. The highest BCUT2D eigenvalue weighted by Crippen LogP contribution is 2.24. The molecule has 0 saturated carbocycles. The minimum Gasteiger partial charge on any atom is -0.497 e. The van der Waals surface area contributed by atoms with Gasteiger partial charge in [-0.2, -0.15) is 0 Å². The number of aryl methyl sites for hydroxylation is 1. The predicted molar refractivity (Wildman–Crippen MR) is 96.8 cm³/mol. The summed E-state index contributed by atoms with van der Waals surface area (Å²) in [6, 6.07) is 13.0. The van der Waals surface area contributed by atoms with Gasteiger partial charge in [0.15, 0.2) is 5.92 Å². The number of amides is 4. The minimum absolute atomic E-state index is 0.313. The van der Waals surface area contributed by atoms with Crippen LogP contribution in [0.2, 0.25) is 0 Å². The second-order valence-electron chi connectivity index (χ2n) is 5.76. The van der Waals surface area contributed by atoms with Gasteiger partial charge in [0.1, 0.15) is 5.75 Å². The molecule has 1 saturated heterocycles. The molecule has 0 aromatic heterocycles. The number of rotatable bonds is 4. The van der Waals surface area contributed by atoms with E-state index in [9.17, 15) is 14.4 Å². The molecule has 1 fully saturated rings. The first-order chi connectivity index (χ1) is 12.5. The molecule has 0 aliphatic carbocycles.